The minimum Gasteiger partial charge on any atom is -0.444 e. The number of carbonyl (C=O) groups is 3. The van der Waals surface area contributed by atoms with Gasteiger partial charge in [-0.1, -0.05) is 42.0 Å². The smallest absolute Gasteiger partial charge is 0.408 e. The zero-order chi connectivity index (χ0) is 27.0. The van der Waals surface area contributed by atoms with Crippen LogP contribution in [-0.4, -0.2) is 53.5 Å². The van der Waals surface area contributed by atoms with E-state index in [0.717, 1.165) is 22.3 Å². The van der Waals surface area contributed by atoms with Gasteiger partial charge >= 0.3 is 6.09 Å². The number of nitrogens with one attached hydrogen (secondary N) is 2. The van der Waals surface area contributed by atoms with Crippen LogP contribution in [0.2, 0.25) is 0 Å². The van der Waals surface area contributed by atoms with Crippen LogP contribution in [0.1, 0.15) is 55.5 Å². The Kier molecular flexibility index (Phi) is 10.4. The second-order valence-corrected chi connectivity index (χ2v) is 11.0. The molecule has 0 aliphatic carbocycles. The first-order chi connectivity index (χ1) is 16.8. The first-order valence-corrected chi connectivity index (χ1v) is 13.4. The number of hydrogen-bond acceptors (Lipinski definition) is 5. The van der Waals surface area contributed by atoms with Crippen molar-refractivity contribution in [1.82, 2.24) is 10.2 Å². The van der Waals surface area contributed by atoms with Crippen LogP contribution < -0.4 is 10.6 Å². The number of nitrogens with zero attached hydrogens (tertiary/aromatic N) is 1. The van der Waals surface area contributed by atoms with Crippen LogP contribution in [-0.2, 0) is 14.3 Å². The highest BCUT2D eigenvalue weighted by Crippen LogP contribution is 2.28. The van der Waals surface area contributed by atoms with E-state index in [4.69, 9.17) is 4.74 Å². The van der Waals surface area contributed by atoms with Crippen molar-refractivity contribution in [3.05, 3.63) is 64.7 Å². The Morgan fingerprint density at radius 3 is 2.31 bits per heavy atom. The van der Waals surface area contributed by atoms with E-state index >= 15 is 0 Å². The van der Waals surface area contributed by atoms with Crippen LogP contribution in [0.3, 0.4) is 0 Å². The largest absolute Gasteiger partial charge is 0.444 e. The van der Waals surface area contributed by atoms with E-state index in [0.29, 0.717) is 17.9 Å². The van der Waals surface area contributed by atoms with Crippen molar-refractivity contribution in [1.29, 1.82) is 0 Å². The van der Waals surface area contributed by atoms with Crippen molar-refractivity contribution >= 4 is 35.4 Å². The Bertz CT molecular complexity index is 1080. The minimum absolute atomic E-state index is 0.324. The number of carbonyl (C=O) groups excluding carboxylic acids is 3. The lowest BCUT2D eigenvalue weighted by molar-refractivity contribution is -0.139. The van der Waals surface area contributed by atoms with Crippen molar-refractivity contribution in [2.75, 3.05) is 24.4 Å². The van der Waals surface area contributed by atoms with Crippen molar-refractivity contribution in [2.24, 2.45) is 0 Å². The van der Waals surface area contributed by atoms with Gasteiger partial charge in [-0.3, -0.25) is 9.59 Å². The molecule has 2 N–H and O–H groups in total. The number of alkyl carbamates (subject to hydrolysis) is 1. The third-order valence-corrected chi connectivity index (χ3v) is 6.36. The lowest BCUT2D eigenvalue weighted by atomic mass is 9.96. The van der Waals surface area contributed by atoms with Crippen molar-refractivity contribution < 1.29 is 19.1 Å². The van der Waals surface area contributed by atoms with Crippen LogP contribution in [0.5, 0.6) is 0 Å². The summed E-state index contributed by atoms with van der Waals surface area (Å²) in [5.74, 6) is -0.0284. The number of rotatable bonds is 9. The number of aryl methyl sites for hydroxylation is 3. The van der Waals surface area contributed by atoms with E-state index in [-0.39, 0.29) is 11.8 Å². The Morgan fingerprint density at radius 2 is 1.69 bits per heavy atom. The molecule has 2 unspecified atom stereocenters. The Labute approximate surface area is 219 Å². The van der Waals surface area contributed by atoms with E-state index in [1.54, 1.807) is 39.6 Å². The molecule has 0 aromatic heterocycles. The van der Waals surface area contributed by atoms with E-state index in [1.807, 2.05) is 69.5 Å². The van der Waals surface area contributed by atoms with E-state index in [1.165, 1.54) is 4.90 Å². The van der Waals surface area contributed by atoms with Crippen molar-refractivity contribution in [2.45, 2.75) is 65.6 Å². The molecule has 7 nitrogen and oxygen atoms in total. The molecule has 3 amide bonds. The van der Waals surface area contributed by atoms with Gasteiger partial charge in [-0.05, 0) is 82.7 Å². The lowest BCUT2D eigenvalue weighted by Gasteiger charge is -2.32. The minimum atomic E-state index is -0.894. The Morgan fingerprint density at radius 1 is 1.03 bits per heavy atom. The summed E-state index contributed by atoms with van der Waals surface area (Å²) < 4.78 is 5.39. The molecular formula is C28H39N3O4S. The highest BCUT2D eigenvalue weighted by Gasteiger charge is 2.35. The maximum absolute atomic E-state index is 13.8. The first-order valence-electron chi connectivity index (χ1n) is 12.0. The second kappa shape index (κ2) is 12.8. The SMILES string of the molecule is CSCCC(NC(=O)OC(C)(C)C)C(=O)N(C)C(C(=O)Nc1ccccc1C)c1cc(C)ccc1C. The molecule has 0 fully saturated rings. The maximum Gasteiger partial charge on any atom is 0.408 e. The summed E-state index contributed by atoms with van der Waals surface area (Å²) in [7, 11) is 1.61. The molecule has 0 saturated carbocycles. The fraction of sp³-hybridized carbons (Fsp3) is 0.464. The normalized spacial score (nSPS) is 12.9. The molecular weight excluding hydrogens is 474 g/mol. The maximum atomic E-state index is 13.8. The summed E-state index contributed by atoms with van der Waals surface area (Å²) >= 11 is 1.58. The van der Waals surface area contributed by atoms with Crippen LogP contribution in [0.4, 0.5) is 10.5 Å². The number of benzene rings is 2. The van der Waals surface area contributed by atoms with E-state index in [9.17, 15) is 14.4 Å². The third kappa shape index (κ3) is 8.29. The average molecular weight is 514 g/mol. The van der Waals surface area contributed by atoms with Gasteiger partial charge < -0.3 is 20.3 Å². The van der Waals surface area contributed by atoms with Crippen LogP contribution >= 0.6 is 11.8 Å². The van der Waals surface area contributed by atoms with Gasteiger partial charge in [-0.15, -0.1) is 0 Å². The Balaban J connectivity index is 2.43. The number of hydrogen-bond donors (Lipinski definition) is 2. The second-order valence-electron chi connectivity index (χ2n) is 10.00. The van der Waals surface area contributed by atoms with E-state index in [2.05, 4.69) is 10.6 Å². The molecule has 2 rings (SSSR count). The first kappa shape index (κ1) is 29.2. The van der Waals surface area contributed by atoms with Gasteiger partial charge in [0, 0.05) is 12.7 Å². The number of para-hydroxylation sites is 1. The van der Waals surface area contributed by atoms with E-state index < -0.39 is 23.8 Å². The highest BCUT2D eigenvalue weighted by molar-refractivity contribution is 7.98. The lowest BCUT2D eigenvalue weighted by Crippen LogP contribution is -2.51. The number of amides is 3. The zero-order valence-electron chi connectivity index (χ0n) is 22.6. The monoisotopic (exact) mass is 513 g/mol. The molecule has 196 valence electrons. The molecule has 2 aromatic rings. The molecule has 36 heavy (non-hydrogen) atoms. The molecule has 0 spiro atoms. The van der Waals surface area contributed by atoms with Gasteiger partial charge in [0.15, 0.2) is 0 Å². The van der Waals surface area contributed by atoms with Gasteiger partial charge in [0.2, 0.25) is 5.91 Å². The Hall–Kier alpha value is -3.00. The summed E-state index contributed by atoms with van der Waals surface area (Å²) in [6, 6.07) is 11.6. The zero-order valence-corrected chi connectivity index (χ0v) is 23.4. The number of ether oxygens (including phenoxy) is 1. The predicted octanol–water partition coefficient (Wildman–Crippen LogP) is 5.40. The van der Waals surface area contributed by atoms with Gasteiger partial charge in [-0.25, -0.2) is 4.79 Å². The molecule has 2 aromatic carbocycles. The number of thioether (sulfide) groups is 1. The number of likely N-dealkylation sites (N-methyl/N-ethyl adjacent to an activating group) is 1. The molecule has 0 heterocycles. The molecule has 8 heteroatoms. The summed E-state index contributed by atoms with van der Waals surface area (Å²) in [6.07, 6.45) is 1.68. The fourth-order valence-electron chi connectivity index (χ4n) is 3.81. The number of anilines is 1. The third-order valence-electron chi connectivity index (χ3n) is 5.72. The molecule has 0 saturated heterocycles. The van der Waals surface area contributed by atoms with Crippen LogP contribution in [0.25, 0.3) is 0 Å². The summed E-state index contributed by atoms with van der Waals surface area (Å²) in [5, 5.41) is 5.72. The average Bonchev–Trinajstić information content (AvgIpc) is 2.78. The molecule has 0 bridgehead atoms. The van der Waals surface area contributed by atoms with Crippen LogP contribution in [0, 0.1) is 20.8 Å². The van der Waals surface area contributed by atoms with Gasteiger partial charge in [-0.2, -0.15) is 11.8 Å². The fourth-order valence-corrected chi connectivity index (χ4v) is 4.28. The quantitative estimate of drug-likeness (QED) is 0.469. The van der Waals surface area contributed by atoms with Crippen LogP contribution in [0.15, 0.2) is 42.5 Å². The van der Waals surface area contributed by atoms with Gasteiger partial charge in [0.25, 0.3) is 5.91 Å². The molecule has 0 radical (unpaired) electrons. The predicted molar refractivity (Wildman–Crippen MR) is 147 cm³/mol. The topological polar surface area (TPSA) is 87.7 Å². The molecule has 0 aliphatic rings. The van der Waals surface area contributed by atoms with Crippen molar-refractivity contribution in [3.63, 3.8) is 0 Å². The summed E-state index contributed by atoms with van der Waals surface area (Å²) in [6.45, 7) is 11.1. The van der Waals surface area contributed by atoms with Gasteiger partial charge in [0.1, 0.15) is 17.7 Å². The van der Waals surface area contributed by atoms with Crippen molar-refractivity contribution in [3.8, 4) is 0 Å². The highest BCUT2D eigenvalue weighted by atomic mass is 32.2. The summed E-state index contributed by atoms with van der Waals surface area (Å²) in [5.41, 5.74) is 3.52. The molecule has 2 atom stereocenters. The standard InChI is InChI=1S/C28H39N3O4S/c1-18-13-14-19(2)21(17-18)24(25(32)29-22-12-10-9-11-20(22)3)31(7)26(33)23(15-16-36-8)30-27(34)35-28(4,5)6/h9-14,17,23-24H,15-16H2,1-8H3,(H,29,32)(H,30,34). The molecule has 0 aliphatic heterocycles. The van der Waals surface area contributed by atoms with Gasteiger partial charge in [0.05, 0.1) is 0 Å². The summed E-state index contributed by atoms with van der Waals surface area (Å²) in [4.78, 5) is 41.4.